The van der Waals surface area contributed by atoms with Crippen LogP contribution in [0.25, 0.3) is 0 Å². The average molecular weight is 329 g/mol. The van der Waals surface area contributed by atoms with Gasteiger partial charge in [0.2, 0.25) is 0 Å². The SMILES string of the molecule is ClCc1sc(Oc2cccc(Cl)c2Cl)nc1Cl. The van der Waals surface area contributed by atoms with Gasteiger partial charge in [-0.25, -0.2) is 0 Å². The molecule has 0 unspecified atom stereocenters. The van der Waals surface area contributed by atoms with Gasteiger partial charge in [-0.15, -0.1) is 11.6 Å². The fourth-order valence-electron chi connectivity index (χ4n) is 1.10. The highest BCUT2D eigenvalue weighted by Crippen LogP contribution is 2.37. The van der Waals surface area contributed by atoms with Gasteiger partial charge < -0.3 is 4.74 Å². The predicted molar refractivity (Wildman–Crippen MR) is 73.2 cm³/mol. The summed E-state index contributed by atoms with van der Waals surface area (Å²) in [5, 5.41) is 1.49. The summed E-state index contributed by atoms with van der Waals surface area (Å²) < 4.78 is 5.50. The third-order valence-corrected chi connectivity index (χ3v) is 4.45. The van der Waals surface area contributed by atoms with Crippen molar-refractivity contribution in [3.63, 3.8) is 0 Å². The van der Waals surface area contributed by atoms with Crippen LogP contribution < -0.4 is 4.74 Å². The van der Waals surface area contributed by atoms with Gasteiger partial charge in [0.25, 0.3) is 5.19 Å². The lowest BCUT2D eigenvalue weighted by Crippen LogP contribution is -1.84. The van der Waals surface area contributed by atoms with Gasteiger partial charge in [-0.05, 0) is 12.1 Å². The molecule has 0 atom stereocenters. The predicted octanol–water partition coefficient (Wildman–Crippen LogP) is 5.63. The highest BCUT2D eigenvalue weighted by atomic mass is 35.5. The van der Waals surface area contributed by atoms with Gasteiger partial charge in [-0.1, -0.05) is 52.2 Å². The monoisotopic (exact) mass is 327 g/mol. The average Bonchev–Trinajstić information content (AvgIpc) is 2.65. The maximum absolute atomic E-state index is 5.98. The summed E-state index contributed by atoms with van der Waals surface area (Å²) >= 11 is 24.7. The molecule has 2 rings (SSSR count). The third-order valence-electron chi connectivity index (χ3n) is 1.86. The molecular formula is C10H5Cl4NOS. The molecule has 0 N–H and O–H groups in total. The summed E-state index contributed by atoms with van der Waals surface area (Å²) in [5.74, 6) is 0.731. The molecule has 7 heteroatoms. The Bertz CT molecular complexity index is 543. The molecule has 0 aliphatic heterocycles. The number of aromatic nitrogens is 1. The number of rotatable bonds is 3. The summed E-state index contributed by atoms with van der Waals surface area (Å²) in [5.41, 5.74) is 0. The number of hydrogen-bond donors (Lipinski definition) is 0. The zero-order valence-electron chi connectivity index (χ0n) is 8.21. The zero-order chi connectivity index (χ0) is 12.4. The highest BCUT2D eigenvalue weighted by molar-refractivity contribution is 7.14. The molecule has 2 aromatic rings. The van der Waals surface area contributed by atoms with Gasteiger partial charge in [0.15, 0.2) is 0 Å². The van der Waals surface area contributed by atoms with E-state index in [-0.39, 0.29) is 0 Å². The first-order valence-electron chi connectivity index (χ1n) is 4.45. The minimum atomic E-state index is 0.295. The maximum atomic E-state index is 5.98. The number of thiazole rings is 1. The summed E-state index contributed by atoms with van der Waals surface area (Å²) in [4.78, 5) is 4.77. The first-order valence-corrected chi connectivity index (χ1v) is 6.93. The van der Waals surface area contributed by atoms with Crippen molar-refractivity contribution in [2.75, 3.05) is 0 Å². The van der Waals surface area contributed by atoms with Crippen molar-refractivity contribution in [1.82, 2.24) is 4.98 Å². The molecule has 2 nitrogen and oxygen atoms in total. The van der Waals surface area contributed by atoms with Crippen LogP contribution in [0.15, 0.2) is 18.2 Å². The Kier molecular flexibility index (Phi) is 4.39. The third kappa shape index (κ3) is 2.98. The Morgan fingerprint density at radius 2 is 2.00 bits per heavy atom. The minimum absolute atomic E-state index is 0.295. The number of benzene rings is 1. The van der Waals surface area contributed by atoms with Crippen LogP contribution in [0.4, 0.5) is 0 Å². The molecule has 1 aromatic heterocycles. The van der Waals surface area contributed by atoms with Crippen molar-refractivity contribution in [3.05, 3.63) is 38.3 Å². The van der Waals surface area contributed by atoms with E-state index in [1.807, 2.05) is 0 Å². The van der Waals surface area contributed by atoms with Gasteiger partial charge in [0.1, 0.15) is 15.9 Å². The van der Waals surface area contributed by atoms with Crippen LogP contribution in [-0.2, 0) is 5.88 Å². The first kappa shape index (κ1) is 13.2. The van der Waals surface area contributed by atoms with Gasteiger partial charge >= 0.3 is 0 Å². The van der Waals surface area contributed by atoms with Crippen LogP contribution >= 0.6 is 57.7 Å². The highest BCUT2D eigenvalue weighted by Gasteiger charge is 2.12. The van der Waals surface area contributed by atoms with E-state index in [1.54, 1.807) is 18.2 Å². The Labute approximate surface area is 122 Å². The molecule has 0 saturated heterocycles. The van der Waals surface area contributed by atoms with Crippen LogP contribution in [0, 0.1) is 0 Å². The normalized spacial score (nSPS) is 10.6. The second kappa shape index (κ2) is 5.63. The van der Waals surface area contributed by atoms with E-state index in [4.69, 9.17) is 51.1 Å². The van der Waals surface area contributed by atoms with E-state index in [1.165, 1.54) is 11.3 Å². The molecule has 1 aromatic carbocycles. The van der Waals surface area contributed by atoms with Gasteiger partial charge in [0, 0.05) is 0 Å². The molecule has 0 amide bonds. The largest absolute Gasteiger partial charge is 0.429 e. The van der Waals surface area contributed by atoms with Crippen molar-refractivity contribution < 1.29 is 4.74 Å². The standard InChI is InChI=1S/C10H5Cl4NOS/c11-4-7-9(14)15-10(17-7)16-6-3-1-2-5(12)8(6)13/h1-3H,4H2. The van der Waals surface area contributed by atoms with E-state index < -0.39 is 0 Å². The zero-order valence-corrected chi connectivity index (χ0v) is 12.1. The van der Waals surface area contributed by atoms with E-state index in [2.05, 4.69) is 4.98 Å². The van der Waals surface area contributed by atoms with Gasteiger partial charge in [0.05, 0.1) is 15.8 Å². The molecule has 0 radical (unpaired) electrons. The lowest BCUT2D eigenvalue weighted by molar-refractivity contribution is 0.479. The topological polar surface area (TPSA) is 22.1 Å². The number of alkyl halides is 1. The summed E-state index contributed by atoms with van der Waals surface area (Å²) in [6, 6.07) is 5.11. The van der Waals surface area contributed by atoms with Crippen LogP contribution in [0.2, 0.25) is 15.2 Å². The lowest BCUT2D eigenvalue weighted by atomic mass is 10.3. The van der Waals surface area contributed by atoms with Crippen molar-refractivity contribution in [2.24, 2.45) is 0 Å². The fourth-order valence-corrected chi connectivity index (χ4v) is 2.76. The fraction of sp³-hybridized carbons (Fsp3) is 0.100. The van der Waals surface area contributed by atoms with E-state index in [9.17, 15) is 0 Å². The number of nitrogens with zero attached hydrogens (tertiary/aromatic N) is 1. The Balaban J connectivity index is 2.28. The summed E-state index contributed by atoms with van der Waals surface area (Å²) in [6.07, 6.45) is 0. The van der Waals surface area contributed by atoms with Crippen molar-refractivity contribution >= 4 is 57.7 Å². The van der Waals surface area contributed by atoms with Crippen LogP contribution in [0.5, 0.6) is 10.9 Å². The molecule has 0 bridgehead atoms. The van der Waals surface area contributed by atoms with Crippen molar-refractivity contribution in [2.45, 2.75) is 5.88 Å². The van der Waals surface area contributed by atoms with Gasteiger partial charge in [-0.2, -0.15) is 4.98 Å². The number of hydrogen-bond acceptors (Lipinski definition) is 3. The minimum Gasteiger partial charge on any atom is -0.429 e. The lowest BCUT2D eigenvalue weighted by Gasteiger charge is -2.04. The van der Waals surface area contributed by atoms with Crippen molar-refractivity contribution in [3.8, 4) is 10.9 Å². The molecule has 90 valence electrons. The van der Waals surface area contributed by atoms with Crippen LogP contribution in [-0.4, -0.2) is 4.98 Å². The second-order valence-electron chi connectivity index (χ2n) is 2.98. The van der Waals surface area contributed by atoms with Crippen molar-refractivity contribution in [1.29, 1.82) is 0 Å². The number of halogens is 4. The first-order chi connectivity index (χ1) is 8.11. The molecule has 17 heavy (non-hydrogen) atoms. The van der Waals surface area contributed by atoms with E-state index in [0.29, 0.717) is 32.0 Å². The second-order valence-corrected chi connectivity index (χ2v) is 5.44. The molecule has 0 aliphatic rings. The Morgan fingerprint density at radius 3 is 2.65 bits per heavy atom. The summed E-state index contributed by atoms with van der Waals surface area (Å²) in [6.45, 7) is 0. The van der Waals surface area contributed by atoms with E-state index in [0.717, 1.165) is 4.88 Å². The van der Waals surface area contributed by atoms with Gasteiger partial charge in [-0.3, -0.25) is 0 Å². The quantitative estimate of drug-likeness (QED) is 0.681. The van der Waals surface area contributed by atoms with Crippen LogP contribution in [0.3, 0.4) is 0 Å². The van der Waals surface area contributed by atoms with E-state index >= 15 is 0 Å². The maximum Gasteiger partial charge on any atom is 0.280 e. The molecule has 0 saturated carbocycles. The molecular weight excluding hydrogens is 324 g/mol. The van der Waals surface area contributed by atoms with Crippen LogP contribution in [0.1, 0.15) is 4.88 Å². The summed E-state index contributed by atoms with van der Waals surface area (Å²) in [7, 11) is 0. The Hall–Kier alpha value is -0.190. The smallest absolute Gasteiger partial charge is 0.280 e. The molecule has 0 spiro atoms. The molecule has 0 fully saturated rings. The molecule has 1 heterocycles. The molecule has 0 aliphatic carbocycles. The Morgan fingerprint density at radius 1 is 1.24 bits per heavy atom. The number of ether oxygens (including phenoxy) is 1.